The molecule has 1 aromatic heterocycles. The standard InChI is InChI=1S/C14H14N2/c1-11-6-5-7-12(2)14(11)16-10-13-8-3-4-9-15-13/h3-10H,1-2H3/b16-10+. The van der Waals surface area contributed by atoms with E-state index >= 15 is 0 Å². The highest BCUT2D eigenvalue weighted by atomic mass is 14.8. The van der Waals surface area contributed by atoms with Gasteiger partial charge in [0.25, 0.3) is 0 Å². The lowest BCUT2D eigenvalue weighted by molar-refractivity contribution is 1.29. The summed E-state index contributed by atoms with van der Waals surface area (Å²) in [5.41, 5.74) is 4.29. The molecule has 2 rings (SSSR count). The molecule has 0 saturated carbocycles. The minimum atomic E-state index is 0.880. The van der Waals surface area contributed by atoms with Crippen molar-refractivity contribution in [1.29, 1.82) is 0 Å². The highest BCUT2D eigenvalue weighted by Crippen LogP contribution is 2.22. The van der Waals surface area contributed by atoms with Crippen LogP contribution >= 0.6 is 0 Å². The Bertz CT molecular complexity index is 481. The van der Waals surface area contributed by atoms with Crippen molar-refractivity contribution in [2.24, 2.45) is 4.99 Å². The van der Waals surface area contributed by atoms with E-state index in [1.807, 2.05) is 24.3 Å². The van der Waals surface area contributed by atoms with Gasteiger partial charge in [-0.15, -0.1) is 0 Å². The maximum Gasteiger partial charge on any atom is 0.0812 e. The van der Waals surface area contributed by atoms with E-state index in [0.717, 1.165) is 11.4 Å². The molecule has 0 aliphatic carbocycles. The van der Waals surface area contributed by atoms with Crippen LogP contribution in [-0.2, 0) is 0 Å². The van der Waals surface area contributed by atoms with Gasteiger partial charge in [-0.3, -0.25) is 9.98 Å². The van der Waals surface area contributed by atoms with Gasteiger partial charge in [-0.05, 0) is 37.1 Å². The fraction of sp³-hybridized carbons (Fsp3) is 0.143. The van der Waals surface area contributed by atoms with Gasteiger partial charge in [-0.2, -0.15) is 0 Å². The number of rotatable bonds is 2. The quantitative estimate of drug-likeness (QED) is 0.697. The Labute approximate surface area is 95.7 Å². The second kappa shape index (κ2) is 4.71. The third-order valence-electron chi connectivity index (χ3n) is 2.45. The molecule has 2 heteroatoms. The summed E-state index contributed by atoms with van der Waals surface area (Å²) in [6, 6.07) is 12.0. The van der Waals surface area contributed by atoms with Crippen LogP contribution in [-0.4, -0.2) is 11.2 Å². The molecule has 0 aliphatic rings. The molecular weight excluding hydrogens is 196 g/mol. The van der Waals surface area contributed by atoms with Crippen molar-refractivity contribution in [3.8, 4) is 0 Å². The van der Waals surface area contributed by atoms with Gasteiger partial charge in [-0.25, -0.2) is 0 Å². The van der Waals surface area contributed by atoms with Crippen molar-refractivity contribution >= 4 is 11.9 Å². The minimum Gasteiger partial charge on any atom is -0.255 e. The average Bonchev–Trinajstić information content (AvgIpc) is 2.30. The second-order valence-electron chi connectivity index (χ2n) is 3.75. The molecule has 0 saturated heterocycles. The number of hydrogen-bond donors (Lipinski definition) is 0. The van der Waals surface area contributed by atoms with Gasteiger partial charge in [0.2, 0.25) is 0 Å². The zero-order valence-electron chi connectivity index (χ0n) is 9.51. The van der Waals surface area contributed by atoms with Crippen LogP contribution in [0.5, 0.6) is 0 Å². The Morgan fingerprint density at radius 3 is 2.38 bits per heavy atom. The molecule has 0 bridgehead atoms. The fourth-order valence-corrected chi connectivity index (χ4v) is 1.59. The second-order valence-corrected chi connectivity index (χ2v) is 3.75. The number of benzene rings is 1. The van der Waals surface area contributed by atoms with E-state index in [1.165, 1.54) is 11.1 Å². The lowest BCUT2D eigenvalue weighted by Gasteiger charge is -2.03. The van der Waals surface area contributed by atoms with E-state index in [9.17, 15) is 0 Å². The maximum atomic E-state index is 4.49. The topological polar surface area (TPSA) is 25.2 Å². The minimum absolute atomic E-state index is 0.880. The molecule has 80 valence electrons. The molecular formula is C14H14N2. The lowest BCUT2D eigenvalue weighted by atomic mass is 10.1. The van der Waals surface area contributed by atoms with Gasteiger partial charge in [0.05, 0.1) is 17.6 Å². The van der Waals surface area contributed by atoms with E-state index in [4.69, 9.17) is 0 Å². The van der Waals surface area contributed by atoms with E-state index in [0.29, 0.717) is 0 Å². The molecule has 0 spiro atoms. The molecule has 0 atom stereocenters. The van der Waals surface area contributed by atoms with Crippen molar-refractivity contribution in [2.75, 3.05) is 0 Å². The molecule has 0 fully saturated rings. The Morgan fingerprint density at radius 1 is 1.00 bits per heavy atom. The van der Waals surface area contributed by atoms with Gasteiger partial charge in [0, 0.05) is 6.20 Å². The largest absolute Gasteiger partial charge is 0.255 e. The zero-order chi connectivity index (χ0) is 11.4. The monoisotopic (exact) mass is 210 g/mol. The summed E-state index contributed by atoms with van der Waals surface area (Å²) >= 11 is 0. The van der Waals surface area contributed by atoms with Gasteiger partial charge in [0.15, 0.2) is 0 Å². The van der Waals surface area contributed by atoms with Crippen LogP contribution in [0.3, 0.4) is 0 Å². The summed E-state index contributed by atoms with van der Waals surface area (Å²) in [6.45, 7) is 4.14. The highest BCUT2D eigenvalue weighted by molar-refractivity contribution is 5.80. The average molecular weight is 210 g/mol. The predicted octanol–water partition coefficient (Wildman–Crippen LogP) is 3.45. The molecule has 0 radical (unpaired) electrons. The summed E-state index contributed by atoms with van der Waals surface area (Å²) in [5, 5.41) is 0. The molecule has 2 aromatic rings. The predicted molar refractivity (Wildman–Crippen MR) is 67.4 cm³/mol. The summed E-state index contributed by atoms with van der Waals surface area (Å²) < 4.78 is 0. The SMILES string of the molecule is Cc1cccc(C)c1/N=C/c1ccccn1. The maximum absolute atomic E-state index is 4.49. The lowest BCUT2D eigenvalue weighted by Crippen LogP contribution is -1.86. The van der Waals surface area contributed by atoms with E-state index < -0.39 is 0 Å². The van der Waals surface area contributed by atoms with Crippen LogP contribution in [0.2, 0.25) is 0 Å². The fourth-order valence-electron chi connectivity index (χ4n) is 1.59. The Hall–Kier alpha value is -1.96. The van der Waals surface area contributed by atoms with Crippen LogP contribution in [0.25, 0.3) is 0 Å². The summed E-state index contributed by atoms with van der Waals surface area (Å²) in [5.74, 6) is 0. The molecule has 2 nitrogen and oxygen atoms in total. The van der Waals surface area contributed by atoms with Crippen molar-refractivity contribution in [2.45, 2.75) is 13.8 Å². The molecule has 0 unspecified atom stereocenters. The van der Waals surface area contributed by atoms with Crippen LogP contribution in [0.1, 0.15) is 16.8 Å². The molecule has 1 heterocycles. The number of pyridine rings is 1. The number of aliphatic imine (C=N–C) groups is 1. The third-order valence-corrected chi connectivity index (χ3v) is 2.45. The number of aromatic nitrogens is 1. The zero-order valence-corrected chi connectivity index (χ0v) is 9.51. The molecule has 1 aromatic carbocycles. The third kappa shape index (κ3) is 2.34. The van der Waals surface area contributed by atoms with E-state index in [1.54, 1.807) is 12.4 Å². The Balaban J connectivity index is 2.31. The van der Waals surface area contributed by atoms with Crippen molar-refractivity contribution in [3.05, 3.63) is 59.4 Å². The smallest absolute Gasteiger partial charge is 0.0812 e. The molecule has 16 heavy (non-hydrogen) atoms. The van der Waals surface area contributed by atoms with Gasteiger partial charge < -0.3 is 0 Å². The molecule has 0 N–H and O–H groups in total. The van der Waals surface area contributed by atoms with E-state index in [-0.39, 0.29) is 0 Å². The molecule has 0 aliphatic heterocycles. The van der Waals surface area contributed by atoms with Crippen molar-refractivity contribution in [1.82, 2.24) is 4.98 Å². The Morgan fingerprint density at radius 2 is 1.75 bits per heavy atom. The Kier molecular flexibility index (Phi) is 3.10. The molecule has 0 amide bonds. The summed E-state index contributed by atoms with van der Waals surface area (Å²) in [4.78, 5) is 8.69. The first-order valence-electron chi connectivity index (χ1n) is 5.28. The first-order chi connectivity index (χ1) is 7.77. The summed E-state index contributed by atoms with van der Waals surface area (Å²) in [6.07, 6.45) is 3.57. The van der Waals surface area contributed by atoms with Crippen molar-refractivity contribution in [3.63, 3.8) is 0 Å². The van der Waals surface area contributed by atoms with Crippen LogP contribution in [0.15, 0.2) is 47.6 Å². The van der Waals surface area contributed by atoms with Crippen molar-refractivity contribution < 1.29 is 0 Å². The number of nitrogens with zero attached hydrogens (tertiary/aromatic N) is 2. The highest BCUT2D eigenvalue weighted by Gasteiger charge is 1.98. The van der Waals surface area contributed by atoms with Crippen LogP contribution in [0, 0.1) is 13.8 Å². The van der Waals surface area contributed by atoms with Gasteiger partial charge in [0.1, 0.15) is 0 Å². The van der Waals surface area contributed by atoms with Crippen LogP contribution < -0.4 is 0 Å². The number of para-hydroxylation sites is 1. The first kappa shape index (κ1) is 10.6. The summed E-state index contributed by atoms with van der Waals surface area (Å²) in [7, 11) is 0. The number of aryl methyl sites for hydroxylation is 2. The van der Waals surface area contributed by atoms with E-state index in [2.05, 4.69) is 36.0 Å². The van der Waals surface area contributed by atoms with Crippen LogP contribution in [0.4, 0.5) is 5.69 Å². The first-order valence-corrected chi connectivity index (χ1v) is 5.28. The van der Waals surface area contributed by atoms with Gasteiger partial charge in [-0.1, -0.05) is 24.3 Å². The normalized spacial score (nSPS) is 10.9. The van der Waals surface area contributed by atoms with Gasteiger partial charge >= 0.3 is 0 Å². The number of hydrogen-bond acceptors (Lipinski definition) is 2.